The number of hydrogen-bond donors (Lipinski definition) is 0. The maximum Gasteiger partial charge on any atom is 0.175 e. The molecule has 0 aromatic carbocycles. The summed E-state index contributed by atoms with van der Waals surface area (Å²) in [5.41, 5.74) is 0. The van der Waals surface area contributed by atoms with Crippen molar-refractivity contribution in [2.45, 2.75) is 13.3 Å². The molecule has 50 valence electrons. The summed E-state index contributed by atoms with van der Waals surface area (Å²) in [7, 11) is 0.0117. The van der Waals surface area contributed by atoms with Crippen molar-refractivity contribution in [3.05, 3.63) is 22.9 Å². The molecular formula is C7H11OS+. The van der Waals surface area contributed by atoms with Crippen molar-refractivity contribution in [1.82, 2.24) is 0 Å². The number of hydrogen-bond acceptors (Lipinski definition) is 1. The first-order chi connectivity index (χ1) is 4.43. The molecule has 0 radical (unpaired) electrons. The van der Waals surface area contributed by atoms with Gasteiger partial charge < -0.3 is 0 Å². The predicted molar refractivity (Wildman–Crippen MR) is 40.7 cm³/mol. The van der Waals surface area contributed by atoms with Crippen molar-refractivity contribution in [1.29, 1.82) is 0 Å². The summed E-state index contributed by atoms with van der Waals surface area (Å²) in [6, 6.07) is 4.05. The molecule has 0 amide bonds. The molecule has 0 unspecified atom stereocenters. The smallest absolute Gasteiger partial charge is 0.151 e. The summed E-state index contributed by atoms with van der Waals surface area (Å²) < 4.78 is 5.41. The van der Waals surface area contributed by atoms with Gasteiger partial charge in [0.05, 0.1) is 0 Å². The predicted octanol–water partition coefficient (Wildman–Crippen LogP) is 2.27. The van der Waals surface area contributed by atoms with E-state index in [2.05, 4.69) is 17.7 Å². The van der Waals surface area contributed by atoms with Crippen LogP contribution in [0.3, 0.4) is 0 Å². The highest BCUT2D eigenvalue weighted by Gasteiger charge is 1.99. The molecule has 9 heavy (non-hydrogen) atoms. The van der Waals surface area contributed by atoms with Gasteiger partial charge in [-0.15, -0.1) is 0 Å². The van der Waals surface area contributed by atoms with E-state index in [9.17, 15) is 0 Å². The van der Waals surface area contributed by atoms with E-state index in [4.69, 9.17) is 4.18 Å². The minimum Gasteiger partial charge on any atom is -0.151 e. The monoisotopic (exact) mass is 143 g/mol. The van der Waals surface area contributed by atoms with Gasteiger partial charge in [0.1, 0.15) is 17.4 Å². The van der Waals surface area contributed by atoms with Crippen molar-refractivity contribution in [2.24, 2.45) is 0 Å². The zero-order valence-corrected chi connectivity index (χ0v) is 6.36. The zero-order chi connectivity index (χ0) is 6.53. The minimum absolute atomic E-state index is 0.0117. The maximum absolute atomic E-state index is 5.41. The Labute approximate surface area is 58.5 Å². The quantitative estimate of drug-likeness (QED) is 0.590. The van der Waals surface area contributed by atoms with Gasteiger partial charge in [-0.2, -0.15) is 4.18 Å². The van der Waals surface area contributed by atoms with Gasteiger partial charge in [-0.3, -0.25) is 0 Å². The van der Waals surface area contributed by atoms with Crippen LogP contribution in [0, 0.1) is 0 Å². The Balaban J connectivity index is 2.30. The van der Waals surface area contributed by atoms with Crippen LogP contribution in [-0.4, -0.2) is 6.61 Å². The number of rotatable bonds is 3. The van der Waals surface area contributed by atoms with E-state index in [-0.39, 0.29) is 10.8 Å². The van der Waals surface area contributed by atoms with Gasteiger partial charge >= 0.3 is 0 Å². The fraction of sp³-hybridized carbons (Fsp3) is 0.429. The van der Waals surface area contributed by atoms with E-state index in [0.29, 0.717) is 0 Å². The first kappa shape index (κ1) is 6.78. The van der Waals surface area contributed by atoms with Crippen LogP contribution in [0.5, 0.6) is 0 Å². The first-order valence-corrected chi connectivity index (χ1v) is 4.41. The largest absolute Gasteiger partial charge is 0.175 e. The van der Waals surface area contributed by atoms with Gasteiger partial charge in [0.2, 0.25) is 0 Å². The highest BCUT2D eigenvalue weighted by atomic mass is 32.2. The third-order valence-electron chi connectivity index (χ3n) is 0.960. The van der Waals surface area contributed by atoms with Crippen LogP contribution in [0.2, 0.25) is 0 Å². The molecular weight excluding hydrogens is 132 g/mol. The Morgan fingerprint density at radius 3 is 2.56 bits per heavy atom. The lowest BCUT2D eigenvalue weighted by Gasteiger charge is -1.84. The van der Waals surface area contributed by atoms with Crippen LogP contribution in [0.1, 0.15) is 13.3 Å². The van der Waals surface area contributed by atoms with Crippen LogP contribution in [-0.2, 0) is 0 Å². The van der Waals surface area contributed by atoms with Crippen molar-refractivity contribution in [3.63, 3.8) is 0 Å². The molecule has 0 bridgehead atoms. The summed E-state index contributed by atoms with van der Waals surface area (Å²) in [6.45, 7) is 2.99. The zero-order valence-electron chi connectivity index (χ0n) is 5.54. The highest BCUT2D eigenvalue weighted by Crippen LogP contribution is 2.12. The van der Waals surface area contributed by atoms with E-state index in [1.165, 1.54) is 0 Å². The van der Waals surface area contributed by atoms with E-state index in [1.807, 2.05) is 12.1 Å². The summed E-state index contributed by atoms with van der Waals surface area (Å²) in [5, 5.41) is 4.16. The second-order valence-electron chi connectivity index (χ2n) is 1.81. The molecule has 0 atom stereocenters. The molecule has 1 heterocycles. The molecule has 0 fully saturated rings. The first-order valence-electron chi connectivity index (χ1n) is 3.13. The van der Waals surface area contributed by atoms with Gasteiger partial charge in [0.15, 0.2) is 10.8 Å². The average Bonchev–Trinajstić information content (AvgIpc) is 2.34. The molecule has 0 aliphatic rings. The standard InChI is InChI=1S/C7H11OS/c1-2-5-8-9-6-3-4-7-9/h3-4,6-7H,2,5H2,1H3/q+1. The van der Waals surface area contributed by atoms with Crippen LogP contribution in [0.25, 0.3) is 0 Å². The fourth-order valence-electron chi connectivity index (χ4n) is 0.549. The second-order valence-corrected chi connectivity index (χ2v) is 3.24. The molecule has 1 aromatic heterocycles. The lowest BCUT2D eigenvalue weighted by atomic mass is 10.5. The molecule has 0 aliphatic carbocycles. The van der Waals surface area contributed by atoms with E-state index < -0.39 is 0 Å². The lowest BCUT2D eigenvalue weighted by molar-refractivity contribution is 0.423. The van der Waals surface area contributed by atoms with Crippen molar-refractivity contribution < 1.29 is 4.18 Å². The summed E-state index contributed by atoms with van der Waals surface area (Å²) in [6.07, 6.45) is 1.10. The van der Waals surface area contributed by atoms with Gasteiger partial charge in [-0.1, -0.05) is 6.92 Å². The van der Waals surface area contributed by atoms with Crippen molar-refractivity contribution in [2.75, 3.05) is 6.61 Å². The highest BCUT2D eigenvalue weighted by molar-refractivity contribution is 7.23. The van der Waals surface area contributed by atoms with Crippen LogP contribution in [0.15, 0.2) is 22.9 Å². The Kier molecular flexibility index (Phi) is 2.74. The van der Waals surface area contributed by atoms with Gasteiger partial charge in [-0.05, 0) is 18.6 Å². The van der Waals surface area contributed by atoms with Crippen LogP contribution < -0.4 is 4.18 Å². The van der Waals surface area contributed by atoms with E-state index in [0.717, 1.165) is 13.0 Å². The summed E-state index contributed by atoms with van der Waals surface area (Å²) >= 11 is 0. The summed E-state index contributed by atoms with van der Waals surface area (Å²) in [5.74, 6) is 0. The molecule has 0 spiro atoms. The van der Waals surface area contributed by atoms with Crippen molar-refractivity contribution >= 4 is 10.8 Å². The van der Waals surface area contributed by atoms with E-state index in [1.54, 1.807) is 0 Å². The van der Waals surface area contributed by atoms with Gasteiger partial charge in [-0.25, -0.2) is 0 Å². The van der Waals surface area contributed by atoms with Crippen LogP contribution >= 0.6 is 10.8 Å². The third kappa shape index (κ3) is 2.16. The van der Waals surface area contributed by atoms with Gasteiger partial charge in [0.25, 0.3) is 0 Å². The normalized spacial score (nSPS) is 9.89. The Hall–Kier alpha value is -0.340. The Morgan fingerprint density at radius 2 is 2.00 bits per heavy atom. The Bertz CT molecular complexity index is 146. The fourth-order valence-corrected chi connectivity index (χ4v) is 1.65. The SMILES string of the molecule is CCCO[s+]1cccc1. The van der Waals surface area contributed by atoms with Gasteiger partial charge in [0, 0.05) is 0 Å². The topological polar surface area (TPSA) is 9.23 Å². The lowest BCUT2D eigenvalue weighted by Crippen LogP contribution is -1.91. The average molecular weight is 143 g/mol. The second kappa shape index (κ2) is 3.64. The Morgan fingerprint density at radius 1 is 1.33 bits per heavy atom. The molecule has 0 saturated carbocycles. The molecule has 0 saturated heterocycles. The maximum atomic E-state index is 5.41. The summed E-state index contributed by atoms with van der Waals surface area (Å²) in [4.78, 5) is 0. The van der Waals surface area contributed by atoms with Crippen LogP contribution in [0.4, 0.5) is 0 Å². The molecule has 1 aromatic rings. The minimum atomic E-state index is 0.0117. The molecule has 0 N–H and O–H groups in total. The molecule has 1 nitrogen and oxygen atoms in total. The van der Waals surface area contributed by atoms with Crippen molar-refractivity contribution in [3.8, 4) is 0 Å². The third-order valence-corrected chi connectivity index (χ3v) is 2.25. The molecule has 2 heteroatoms. The van der Waals surface area contributed by atoms with E-state index >= 15 is 0 Å². The molecule has 1 rings (SSSR count). The number of thiophene rings is 1. The molecule has 0 aliphatic heterocycles.